The molecule has 0 aliphatic carbocycles. The van der Waals surface area contributed by atoms with Crippen molar-refractivity contribution in [1.82, 2.24) is 4.90 Å². The number of ether oxygens (including phenoxy) is 2. The lowest BCUT2D eigenvalue weighted by Gasteiger charge is -2.39. The first-order chi connectivity index (χ1) is 11.7. The summed E-state index contributed by atoms with van der Waals surface area (Å²) in [5.41, 5.74) is 2.53. The number of hydrogen-bond acceptors (Lipinski definition) is 4. The summed E-state index contributed by atoms with van der Waals surface area (Å²) in [6.45, 7) is 6.40. The zero-order valence-electron chi connectivity index (χ0n) is 14.7. The summed E-state index contributed by atoms with van der Waals surface area (Å²) in [5, 5.41) is 0. The minimum absolute atomic E-state index is 0.413. The summed E-state index contributed by atoms with van der Waals surface area (Å²) in [6.07, 6.45) is 0. The molecule has 0 spiro atoms. The molecule has 1 aliphatic rings. The van der Waals surface area contributed by atoms with Crippen LogP contribution in [-0.4, -0.2) is 45.3 Å². The number of piperazine rings is 1. The van der Waals surface area contributed by atoms with E-state index in [9.17, 15) is 0 Å². The van der Waals surface area contributed by atoms with Crippen LogP contribution in [0.15, 0.2) is 48.5 Å². The third-order valence-corrected chi connectivity index (χ3v) is 4.89. The molecular weight excluding hydrogens is 300 g/mol. The topological polar surface area (TPSA) is 24.9 Å². The second-order valence-corrected chi connectivity index (χ2v) is 6.14. The Balaban J connectivity index is 1.63. The van der Waals surface area contributed by atoms with E-state index in [4.69, 9.17) is 9.47 Å². The fourth-order valence-corrected chi connectivity index (χ4v) is 3.33. The van der Waals surface area contributed by atoms with Crippen LogP contribution in [0, 0.1) is 0 Å². The van der Waals surface area contributed by atoms with Gasteiger partial charge in [-0.05, 0) is 36.8 Å². The van der Waals surface area contributed by atoms with E-state index in [-0.39, 0.29) is 0 Å². The van der Waals surface area contributed by atoms with Gasteiger partial charge >= 0.3 is 0 Å². The van der Waals surface area contributed by atoms with Gasteiger partial charge in [0.25, 0.3) is 0 Å². The van der Waals surface area contributed by atoms with Crippen LogP contribution in [-0.2, 0) is 0 Å². The van der Waals surface area contributed by atoms with E-state index in [1.165, 1.54) is 11.3 Å². The molecule has 4 nitrogen and oxygen atoms in total. The number of methoxy groups -OCH3 is 2. The Labute approximate surface area is 144 Å². The number of rotatable bonds is 5. The number of anilines is 1. The van der Waals surface area contributed by atoms with Crippen molar-refractivity contribution in [2.75, 3.05) is 45.3 Å². The monoisotopic (exact) mass is 326 g/mol. The van der Waals surface area contributed by atoms with E-state index < -0.39 is 0 Å². The zero-order valence-corrected chi connectivity index (χ0v) is 14.7. The van der Waals surface area contributed by atoms with E-state index in [2.05, 4.69) is 41.0 Å². The highest BCUT2D eigenvalue weighted by Crippen LogP contribution is 2.30. The minimum atomic E-state index is 0.413. The largest absolute Gasteiger partial charge is 0.497 e. The second-order valence-electron chi connectivity index (χ2n) is 6.14. The van der Waals surface area contributed by atoms with E-state index in [1.54, 1.807) is 14.2 Å². The Bertz CT molecular complexity index is 649. The summed E-state index contributed by atoms with van der Waals surface area (Å²) in [5.74, 6) is 1.86. The average molecular weight is 326 g/mol. The predicted octanol–water partition coefficient (Wildman–Crippen LogP) is 3.59. The zero-order chi connectivity index (χ0) is 16.9. The maximum atomic E-state index is 5.50. The molecule has 0 bridgehead atoms. The van der Waals surface area contributed by atoms with E-state index in [1.807, 2.05) is 24.3 Å². The Hall–Kier alpha value is -2.20. The second kappa shape index (κ2) is 7.58. The first-order valence-corrected chi connectivity index (χ1v) is 8.49. The molecule has 24 heavy (non-hydrogen) atoms. The highest BCUT2D eigenvalue weighted by atomic mass is 16.5. The molecule has 1 aliphatic heterocycles. The maximum absolute atomic E-state index is 5.50. The standard InChI is InChI=1S/C20H26N2O2/c1-16(17-8-10-18(23-2)11-9-17)21-12-14-22(15-13-21)19-6-4-5-7-20(19)24-3/h4-11,16H,12-15H2,1-3H3. The van der Waals surface area contributed by atoms with Gasteiger partial charge in [-0.15, -0.1) is 0 Å². The van der Waals surface area contributed by atoms with Crippen LogP contribution >= 0.6 is 0 Å². The molecule has 4 heteroatoms. The van der Waals surface area contributed by atoms with Crippen molar-refractivity contribution in [2.45, 2.75) is 13.0 Å². The molecule has 1 unspecified atom stereocenters. The Morgan fingerprint density at radius 2 is 1.50 bits per heavy atom. The van der Waals surface area contributed by atoms with Crippen molar-refractivity contribution in [3.8, 4) is 11.5 Å². The predicted molar refractivity (Wildman–Crippen MR) is 98.2 cm³/mol. The molecule has 0 amide bonds. The summed E-state index contributed by atoms with van der Waals surface area (Å²) in [6, 6.07) is 17.1. The fourth-order valence-electron chi connectivity index (χ4n) is 3.33. The van der Waals surface area contributed by atoms with Crippen molar-refractivity contribution in [2.24, 2.45) is 0 Å². The molecule has 2 aromatic carbocycles. The van der Waals surface area contributed by atoms with Crippen LogP contribution in [0.2, 0.25) is 0 Å². The molecule has 1 heterocycles. The third kappa shape index (κ3) is 3.49. The van der Waals surface area contributed by atoms with Gasteiger partial charge in [0.05, 0.1) is 19.9 Å². The Morgan fingerprint density at radius 3 is 2.12 bits per heavy atom. The van der Waals surface area contributed by atoms with Gasteiger partial charge < -0.3 is 14.4 Å². The van der Waals surface area contributed by atoms with Gasteiger partial charge in [0.2, 0.25) is 0 Å². The first-order valence-electron chi connectivity index (χ1n) is 8.49. The maximum Gasteiger partial charge on any atom is 0.142 e. The molecule has 1 fully saturated rings. The van der Waals surface area contributed by atoms with Gasteiger partial charge in [0.15, 0.2) is 0 Å². The molecular formula is C20H26N2O2. The van der Waals surface area contributed by atoms with Crippen LogP contribution in [0.3, 0.4) is 0 Å². The van der Waals surface area contributed by atoms with Gasteiger partial charge in [-0.25, -0.2) is 0 Å². The van der Waals surface area contributed by atoms with Crippen molar-refractivity contribution in [1.29, 1.82) is 0 Å². The number of nitrogens with zero attached hydrogens (tertiary/aromatic N) is 2. The SMILES string of the molecule is COc1ccc(C(C)N2CCN(c3ccccc3OC)CC2)cc1. The van der Waals surface area contributed by atoms with Crippen LogP contribution in [0.25, 0.3) is 0 Å². The van der Waals surface area contributed by atoms with E-state index in [0.29, 0.717) is 6.04 Å². The normalized spacial score (nSPS) is 16.7. The highest BCUT2D eigenvalue weighted by molar-refractivity contribution is 5.58. The molecule has 0 aromatic heterocycles. The Morgan fingerprint density at radius 1 is 0.833 bits per heavy atom. The number of para-hydroxylation sites is 2. The molecule has 0 radical (unpaired) electrons. The third-order valence-electron chi connectivity index (χ3n) is 4.89. The van der Waals surface area contributed by atoms with Gasteiger partial charge in [0.1, 0.15) is 11.5 Å². The van der Waals surface area contributed by atoms with Crippen molar-refractivity contribution >= 4 is 5.69 Å². The van der Waals surface area contributed by atoms with Crippen LogP contribution in [0.5, 0.6) is 11.5 Å². The molecule has 0 saturated carbocycles. The molecule has 1 saturated heterocycles. The molecule has 2 aromatic rings. The fraction of sp³-hybridized carbons (Fsp3) is 0.400. The lowest BCUT2D eigenvalue weighted by atomic mass is 10.1. The molecule has 0 N–H and O–H groups in total. The smallest absolute Gasteiger partial charge is 0.142 e. The summed E-state index contributed by atoms with van der Waals surface area (Å²) in [7, 11) is 3.44. The van der Waals surface area contributed by atoms with E-state index in [0.717, 1.165) is 37.7 Å². The summed E-state index contributed by atoms with van der Waals surface area (Å²) < 4.78 is 10.7. The van der Waals surface area contributed by atoms with Crippen LogP contribution in [0.1, 0.15) is 18.5 Å². The summed E-state index contributed by atoms with van der Waals surface area (Å²) >= 11 is 0. The summed E-state index contributed by atoms with van der Waals surface area (Å²) in [4.78, 5) is 4.95. The van der Waals surface area contributed by atoms with Gasteiger partial charge in [-0.2, -0.15) is 0 Å². The van der Waals surface area contributed by atoms with Crippen molar-refractivity contribution < 1.29 is 9.47 Å². The minimum Gasteiger partial charge on any atom is -0.497 e. The van der Waals surface area contributed by atoms with Gasteiger partial charge in [0, 0.05) is 32.2 Å². The lowest BCUT2D eigenvalue weighted by molar-refractivity contribution is 0.198. The quantitative estimate of drug-likeness (QED) is 0.838. The Kier molecular flexibility index (Phi) is 5.26. The average Bonchev–Trinajstić information content (AvgIpc) is 2.67. The first kappa shape index (κ1) is 16.7. The highest BCUT2D eigenvalue weighted by Gasteiger charge is 2.23. The van der Waals surface area contributed by atoms with Gasteiger partial charge in [-0.1, -0.05) is 24.3 Å². The molecule has 3 rings (SSSR count). The van der Waals surface area contributed by atoms with E-state index >= 15 is 0 Å². The van der Waals surface area contributed by atoms with Crippen LogP contribution in [0.4, 0.5) is 5.69 Å². The van der Waals surface area contributed by atoms with Gasteiger partial charge in [-0.3, -0.25) is 4.90 Å². The van der Waals surface area contributed by atoms with Crippen LogP contribution < -0.4 is 14.4 Å². The molecule has 128 valence electrons. The van der Waals surface area contributed by atoms with Crippen molar-refractivity contribution in [3.63, 3.8) is 0 Å². The van der Waals surface area contributed by atoms with Crippen molar-refractivity contribution in [3.05, 3.63) is 54.1 Å². The molecule has 1 atom stereocenters. The number of hydrogen-bond donors (Lipinski definition) is 0. The number of benzene rings is 2. The lowest BCUT2D eigenvalue weighted by Crippen LogP contribution is -2.47.